The highest BCUT2D eigenvalue weighted by molar-refractivity contribution is 5.60. The molecule has 8 heteroatoms. The van der Waals surface area contributed by atoms with Crippen molar-refractivity contribution in [1.29, 1.82) is 0 Å². The molecule has 0 aliphatic rings. The topological polar surface area (TPSA) is 113 Å². The highest BCUT2D eigenvalue weighted by atomic mass is 16.6. The first-order valence-electron chi connectivity index (χ1n) is 6.38. The maximum absolute atomic E-state index is 5.70. The van der Waals surface area contributed by atoms with Gasteiger partial charge in [-0.25, -0.2) is 4.63 Å². The number of hydrogen-bond donors (Lipinski definition) is 1. The first-order valence-corrected chi connectivity index (χ1v) is 6.38. The molecule has 21 heavy (non-hydrogen) atoms. The fraction of sp³-hybridized carbons (Fsp3) is 0.231. The summed E-state index contributed by atoms with van der Waals surface area (Å²) < 4.78 is 15.4. The van der Waals surface area contributed by atoms with Gasteiger partial charge in [0.2, 0.25) is 17.3 Å². The Morgan fingerprint density at radius 2 is 2.00 bits per heavy atom. The summed E-state index contributed by atoms with van der Waals surface area (Å²) in [6.07, 6.45) is -0.421. The summed E-state index contributed by atoms with van der Waals surface area (Å²) in [5.74, 6) is 0.628. The van der Waals surface area contributed by atoms with Gasteiger partial charge in [0.15, 0.2) is 0 Å². The van der Waals surface area contributed by atoms with Gasteiger partial charge in [-0.2, -0.15) is 4.98 Å². The van der Waals surface area contributed by atoms with E-state index in [-0.39, 0.29) is 17.4 Å². The Hall–Kier alpha value is -2.74. The summed E-state index contributed by atoms with van der Waals surface area (Å²) in [7, 11) is 0. The van der Waals surface area contributed by atoms with Crippen molar-refractivity contribution in [2.24, 2.45) is 0 Å². The molecule has 0 spiro atoms. The highest BCUT2D eigenvalue weighted by Gasteiger charge is 2.23. The van der Waals surface area contributed by atoms with Crippen LogP contribution in [0.15, 0.2) is 39.5 Å². The van der Waals surface area contributed by atoms with Crippen molar-refractivity contribution in [3.05, 3.63) is 41.7 Å². The van der Waals surface area contributed by atoms with Gasteiger partial charge in [-0.15, -0.1) is 0 Å². The molecular weight excluding hydrogens is 274 g/mol. The average molecular weight is 287 g/mol. The molecule has 3 rings (SSSR count). The molecule has 3 aromatic rings. The van der Waals surface area contributed by atoms with E-state index in [1.165, 1.54) is 0 Å². The molecule has 0 bridgehead atoms. The summed E-state index contributed by atoms with van der Waals surface area (Å²) >= 11 is 0. The van der Waals surface area contributed by atoms with Crippen molar-refractivity contribution in [2.45, 2.75) is 13.0 Å². The highest BCUT2D eigenvalue weighted by Crippen LogP contribution is 2.27. The molecule has 2 aromatic heterocycles. The van der Waals surface area contributed by atoms with Crippen LogP contribution in [-0.2, 0) is 4.74 Å². The Bertz CT molecular complexity index is 709. The van der Waals surface area contributed by atoms with E-state index in [4.69, 9.17) is 15.0 Å². The third-order valence-corrected chi connectivity index (χ3v) is 2.83. The third kappa shape index (κ3) is 2.61. The van der Waals surface area contributed by atoms with Gasteiger partial charge < -0.3 is 15.0 Å². The molecule has 1 aromatic carbocycles. The number of hydrogen-bond acceptors (Lipinski definition) is 8. The van der Waals surface area contributed by atoms with Crippen molar-refractivity contribution < 1.29 is 13.9 Å². The van der Waals surface area contributed by atoms with Crippen molar-refractivity contribution in [1.82, 2.24) is 20.5 Å². The van der Waals surface area contributed by atoms with E-state index in [2.05, 4.69) is 25.1 Å². The molecule has 0 aliphatic carbocycles. The molecule has 2 N–H and O–H groups in total. The Balaban J connectivity index is 1.94. The van der Waals surface area contributed by atoms with Gasteiger partial charge in [0.25, 0.3) is 5.89 Å². The number of benzene rings is 1. The first-order chi connectivity index (χ1) is 10.3. The maximum atomic E-state index is 5.70. The van der Waals surface area contributed by atoms with Crippen LogP contribution in [-0.4, -0.2) is 27.1 Å². The number of nitrogens with zero attached hydrogens (tertiary/aromatic N) is 4. The van der Waals surface area contributed by atoms with Crippen LogP contribution >= 0.6 is 0 Å². The number of ether oxygens (including phenoxy) is 1. The van der Waals surface area contributed by atoms with Crippen LogP contribution in [0, 0.1) is 0 Å². The van der Waals surface area contributed by atoms with Crippen molar-refractivity contribution >= 4 is 5.82 Å². The second-order valence-electron chi connectivity index (χ2n) is 4.20. The quantitative estimate of drug-likeness (QED) is 0.756. The van der Waals surface area contributed by atoms with Gasteiger partial charge in [0.1, 0.15) is 6.10 Å². The monoisotopic (exact) mass is 287 g/mol. The number of nitrogen functional groups attached to an aromatic ring is 1. The largest absolute Gasteiger partial charge is 0.379 e. The maximum Gasteiger partial charge on any atom is 0.284 e. The Morgan fingerprint density at radius 1 is 1.19 bits per heavy atom. The van der Waals surface area contributed by atoms with E-state index in [1.54, 1.807) is 0 Å². The molecule has 108 valence electrons. The minimum absolute atomic E-state index is 0.0953. The van der Waals surface area contributed by atoms with E-state index < -0.39 is 6.10 Å². The minimum atomic E-state index is -0.421. The summed E-state index contributed by atoms with van der Waals surface area (Å²) in [4.78, 5) is 4.26. The first kappa shape index (κ1) is 13.3. The summed E-state index contributed by atoms with van der Waals surface area (Å²) in [6.45, 7) is 2.41. The predicted octanol–water partition coefficient (Wildman–Crippen LogP) is 1.83. The smallest absolute Gasteiger partial charge is 0.284 e. The zero-order valence-electron chi connectivity index (χ0n) is 11.3. The molecule has 0 aliphatic heterocycles. The van der Waals surface area contributed by atoms with E-state index in [0.29, 0.717) is 12.4 Å². The molecule has 0 fully saturated rings. The number of anilines is 1. The van der Waals surface area contributed by atoms with Crippen LogP contribution in [0.2, 0.25) is 0 Å². The van der Waals surface area contributed by atoms with Crippen LogP contribution in [0.4, 0.5) is 5.82 Å². The van der Waals surface area contributed by atoms with Crippen molar-refractivity contribution in [2.75, 3.05) is 12.3 Å². The van der Waals surface area contributed by atoms with Gasteiger partial charge in [-0.05, 0) is 22.8 Å². The molecule has 1 unspecified atom stereocenters. The number of nitrogens with two attached hydrogens (primary N) is 1. The van der Waals surface area contributed by atoms with Gasteiger partial charge in [-0.3, -0.25) is 0 Å². The molecule has 0 radical (unpaired) electrons. The Labute approximate surface area is 119 Å². The zero-order valence-corrected chi connectivity index (χ0v) is 11.3. The lowest BCUT2D eigenvalue weighted by Gasteiger charge is -2.13. The summed E-state index contributed by atoms with van der Waals surface area (Å²) in [6, 6.07) is 9.63. The fourth-order valence-corrected chi connectivity index (χ4v) is 1.90. The van der Waals surface area contributed by atoms with Gasteiger partial charge in [0, 0.05) is 6.61 Å². The standard InChI is InChI=1S/C13H13N5O3/c1-2-19-10(8-6-4-3-5-7-8)12-15-13(20-18-12)9-11(14)17-21-16-9/h3-7,10H,2H2,1H3,(H2,14,17). The zero-order chi connectivity index (χ0) is 14.7. The fourth-order valence-electron chi connectivity index (χ4n) is 1.90. The SMILES string of the molecule is CCOC(c1ccccc1)c1noc(-c2nonc2N)n1. The summed E-state index contributed by atoms with van der Waals surface area (Å²) in [5.41, 5.74) is 6.75. The molecule has 0 saturated heterocycles. The van der Waals surface area contributed by atoms with Crippen molar-refractivity contribution in [3.63, 3.8) is 0 Å². The minimum Gasteiger partial charge on any atom is -0.379 e. The molecular formula is C13H13N5O3. The Kier molecular flexibility index (Phi) is 3.61. The second-order valence-corrected chi connectivity index (χ2v) is 4.20. The second kappa shape index (κ2) is 5.71. The van der Waals surface area contributed by atoms with E-state index in [1.807, 2.05) is 37.3 Å². The van der Waals surface area contributed by atoms with E-state index in [0.717, 1.165) is 5.56 Å². The van der Waals surface area contributed by atoms with Crippen LogP contribution in [0.1, 0.15) is 24.4 Å². The average Bonchev–Trinajstić information content (AvgIpc) is 3.14. The van der Waals surface area contributed by atoms with Gasteiger partial charge in [0.05, 0.1) is 0 Å². The predicted molar refractivity (Wildman–Crippen MR) is 71.9 cm³/mol. The van der Waals surface area contributed by atoms with Crippen LogP contribution in [0.25, 0.3) is 11.6 Å². The van der Waals surface area contributed by atoms with E-state index in [9.17, 15) is 0 Å². The molecule has 1 atom stereocenters. The number of rotatable bonds is 5. The lowest BCUT2D eigenvalue weighted by molar-refractivity contribution is 0.0833. The van der Waals surface area contributed by atoms with Gasteiger partial charge in [-0.1, -0.05) is 35.5 Å². The van der Waals surface area contributed by atoms with E-state index >= 15 is 0 Å². The van der Waals surface area contributed by atoms with Crippen LogP contribution in [0.3, 0.4) is 0 Å². The molecule has 8 nitrogen and oxygen atoms in total. The van der Waals surface area contributed by atoms with Crippen molar-refractivity contribution in [3.8, 4) is 11.6 Å². The third-order valence-electron chi connectivity index (χ3n) is 2.83. The molecule has 2 heterocycles. The molecule has 0 saturated carbocycles. The normalized spacial score (nSPS) is 12.4. The molecule has 0 amide bonds. The lowest BCUT2D eigenvalue weighted by atomic mass is 10.1. The Morgan fingerprint density at radius 3 is 2.67 bits per heavy atom. The van der Waals surface area contributed by atoms with Gasteiger partial charge >= 0.3 is 0 Å². The van der Waals surface area contributed by atoms with Crippen LogP contribution in [0.5, 0.6) is 0 Å². The lowest BCUT2D eigenvalue weighted by Crippen LogP contribution is -2.08. The summed E-state index contributed by atoms with van der Waals surface area (Å²) in [5, 5.41) is 11.0. The van der Waals surface area contributed by atoms with Crippen LogP contribution < -0.4 is 5.73 Å². The number of aromatic nitrogens is 4.